The van der Waals surface area contributed by atoms with Gasteiger partial charge < -0.3 is 15.2 Å². The molecule has 0 bridgehead atoms. The van der Waals surface area contributed by atoms with Gasteiger partial charge in [0.05, 0.1) is 6.61 Å². The van der Waals surface area contributed by atoms with Gasteiger partial charge in [-0.2, -0.15) is 0 Å². The van der Waals surface area contributed by atoms with Crippen molar-refractivity contribution in [2.24, 2.45) is 0 Å². The van der Waals surface area contributed by atoms with Gasteiger partial charge in [-0.3, -0.25) is 4.79 Å². The normalized spacial score (nSPS) is 13.6. The van der Waals surface area contributed by atoms with E-state index in [2.05, 4.69) is 5.32 Å². The molecule has 0 aliphatic carbocycles. The number of carboxylic acid groups (broad SMARTS) is 1. The van der Waals surface area contributed by atoms with Crippen LogP contribution < -0.4 is 5.32 Å². The van der Waals surface area contributed by atoms with Crippen LogP contribution >= 0.6 is 11.8 Å². The minimum atomic E-state index is -1.54. The quantitative estimate of drug-likeness (QED) is 0.783. The van der Waals surface area contributed by atoms with Crippen LogP contribution in [0.3, 0.4) is 0 Å². The zero-order valence-electron chi connectivity index (χ0n) is 11.4. The average molecular weight is 301 g/mol. The van der Waals surface area contributed by atoms with Crippen molar-refractivity contribution in [2.45, 2.75) is 17.4 Å². The molecular weight excluding hydrogens is 285 g/mol. The number of rotatable bonds is 6. The van der Waals surface area contributed by atoms with E-state index in [-0.39, 0.29) is 12.2 Å². The van der Waals surface area contributed by atoms with Crippen LogP contribution in [0.2, 0.25) is 0 Å². The number of carboxylic acids is 1. The number of nitrogens with one attached hydrogen (secondary N) is 1. The number of carbonyl (C=O) groups is 2. The van der Waals surface area contributed by atoms with Gasteiger partial charge >= 0.3 is 5.97 Å². The molecule has 2 N–H and O–H groups in total. The lowest BCUT2D eigenvalue weighted by Crippen LogP contribution is -2.55. The zero-order valence-corrected chi connectivity index (χ0v) is 12.2. The third kappa shape index (κ3) is 3.71. The molecule has 0 heterocycles. The molecule has 0 radical (unpaired) electrons. The van der Waals surface area contributed by atoms with Crippen molar-refractivity contribution >= 4 is 23.6 Å². The molecule has 1 rings (SSSR count). The third-order valence-corrected chi connectivity index (χ3v) is 3.46. The van der Waals surface area contributed by atoms with Gasteiger partial charge in [-0.25, -0.2) is 9.18 Å². The van der Waals surface area contributed by atoms with E-state index in [1.807, 2.05) is 0 Å². The van der Waals surface area contributed by atoms with Gasteiger partial charge in [0.15, 0.2) is 5.54 Å². The van der Waals surface area contributed by atoms with Crippen LogP contribution in [0, 0.1) is 5.82 Å². The van der Waals surface area contributed by atoms with Crippen LogP contribution in [-0.4, -0.2) is 42.5 Å². The van der Waals surface area contributed by atoms with Crippen molar-refractivity contribution in [3.8, 4) is 0 Å². The molecule has 1 atom stereocenters. The van der Waals surface area contributed by atoms with Gasteiger partial charge in [-0.1, -0.05) is 0 Å². The Morgan fingerprint density at radius 1 is 1.50 bits per heavy atom. The molecule has 1 aromatic carbocycles. The fraction of sp³-hybridized carbons (Fsp3) is 0.385. The summed E-state index contributed by atoms with van der Waals surface area (Å²) < 4.78 is 18.2. The summed E-state index contributed by atoms with van der Waals surface area (Å²) in [5, 5.41) is 11.5. The molecule has 0 saturated heterocycles. The fourth-order valence-corrected chi connectivity index (χ4v) is 2.07. The van der Waals surface area contributed by atoms with Crippen molar-refractivity contribution in [2.75, 3.05) is 20.0 Å². The van der Waals surface area contributed by atoms with Crippen LogP contribution in [0.1, 0.15) is 17.3 Å². The van der Waals surface area contributed by atoms with Gasteiger partial charge in [-0.05, 0) is 31.4 Å². The Bertz CT molecular complexity index is 523. The van der Waals surface area contributed by atoms with Gasteiger partial charge in [0.2, 0.25) is 0 Å². The van der Waals surface area contributed by atoms with Crippen molar-refractivity contribution < 1.29 is 23.8 Å². The number of methoxy groups -OCH3 is 1. The predicted octanol–water partition coefficient (Wildman–Crippen LogP) is 1.77. The van der Waals surface area contributed by atoms with Crippen LogP contribution in [0.15, 0.2) is 23.1 Å². The Morgan fingerprint density at radius 3 is 2.65 bits per heavy atom. The van der Waals surface area contributed by atoms with Crippen molar-refractivity contribution in [1.29, 1.82) is 0 Å². The fourth-order valence-electron chi connectivity index (χ4n) is 1.56. The summed E-state index contributed by atoms with van der Waals surface area (Å²) in [6.45, 7) is 1.17. The first-order chi connectivity index (χ1) is 9.34. The maximum atomic E-state index is 13.4. The molecule has 0 aliphatic heterocycles. The summed E-state index contributed by atoms with van der Waals surface area (Å²) in [6, 6.07) is 3.86. The molecular formula is C13H16FNO4S. The van der Waals surface area contributed by atoms with E-state index in [9.17, 15) is 14.0 Å². The lowest BCUT2D eigenvalue weighted by Gasteiger charge is -2.25. The number of carbonyl (C=O) groups excluding carboxylic acids is 1. The van der Waals surface area contributed by atoms with Crippen LogP contribution in [0.25, 0.3) is 0 Å². The number of ether oxygens (including phenoxy) is 1. The van der Waals surface area contributed by atoms with E-state index in [1.54, 1.807) is 6.26 Å². The van der Waals surface area contributed by atoms with Crippen molar-refractivity contribution in [1.82, 2.24) is 5.32 Å². The largest absolute Gasteiger partial charge is 0.479 e. The SMILES string of the molecule is COCC(C)(NC(=O)c1ccc(F)c(SC)c1)C(=O)O. The molecule has 0 saturated carbocycles. The summed E-state index contributed by atoms with van der Waals surface area (Å²) in [6.07, 6.45) is 1.69. The summed E-state index contributed by atoms with van der Waals surface area (Å²) in [5.41, 5.74) is -1.35. The molecule has 5 nitrogen and oxygen atoms in total. The van der Waals surface area contributed by atoms with Gasteiger partial charge in [0.25, 0.3) is 5.91 Å². The molecule has 0 aromatic heterocycles. The average Bonchev–Trinajstić information content (AvgIpc) is 2.39. The second-order valence-corrected chi connectivity index (χ2v) is 5.22. The highest BCUT2D eigenvalue weighted by Crippen LogP contribution is 2.20. The van der Waals surface area contributed by atoms with E-state index in [0.717, 1.165) is 0 Å². The van der Waals surface area contributed by atoms with E-state index < -0.39 is 23.2 Å². The summed E-state index contributed by atoms with van der Waals surface area (Å²) >= 11 is 1.17. The van der Waals surface area contributed by atoms with E-state index >= 15 is 0 Å². The molecule has 1 amide bonds. The zero-order chi connectivity index (χ0) is 15.3. The number of aliphatic carboxylic acids is 1. The Kier molecular flexibility index (Phi) is 5.52. The molecule has 0 spiro atoms. The van der Waals surface area contributed by atoms with Crippen LogP contribution in [0.4, 0.5) is 4.39 Å². The number of hydrogen-bond donors (Lipinski definition) is 2. The van der Waals surface area contributed by atoms with Gasteiger partial charge in [0.1, 0.15) is 5.82 Å². The smallest absolute Gasteiger partial charge is 0.331 e. The highest BCUT2D eigenvalue weighted by atomic mass is 32.2. The first-order valence-corrected chi connectivity index (χ1v) is 6.95. The molecule has 110 valence electrons. The maximum Gasteiger partial charge on any atom is 0.331 e. The Morgan fingerprint density at radius 2 is 2.15 bits per heavy atom. The van der Waals surface area contributed by atoms with E-state index in [4.69, 9.17) is 9.84 Å². The van der Waals surface area contributed by atoms with Crippen LogP contribution in [0.5, 0.6) is 0 Å². The van der Waals surface area contributed by atoms with Crippen molar-refractivity contribution in [3.05, 3.63) is 29.6 Å². The second kappa shape index (κ2) is 6.71. The van der Waals surface area contributed by atoms with E-state index in [0.29, 0.717) is 4.90 Å². The number of halogens is 1. The highest BCUT2D eigenvalue weighted by Gasteiger charge is 2.35. The van der Waals surface area contributed by atoms with Crippen molar-refractivity contribution in [3.63, 3.8) is 0 Å². The third-order valence-electron chi connectivity index (χ3n) is 2.71. The molecule has 7 heteroatoms. The predicted molar refractivity (Wildman–Crippen MR) is 73.6 cm³/mol. The Hall–Kier alpha value is -1.60. The second-order valence-electron chi connectivity index (χ2n) is 4.37. The Labute approximate surface area is 120 Å². The maximum absolute atomic E-state index is 13.4. The number of hydrogen-bond acceptors (Lipinski definition) is 4. The molecule has 0 fully saturated rings. The minimum absolute atomic E-state index is 0.176. The topological polar surface area (TPSA) is 75.6 Å². The lowest BCUT2D eigenvalue weighted by atomic mass is 10.0. The molecule has 0 aliphatic rings. The standard InChI is InChI=1S/C13H16FNO4S/c1-13(7-19-2,12(17)18)15-11(16)8-4-5-9(14)10(6-8)20-3/h4-6H,7H2,1-3H3,(H,15,16)(H,17,18). The highest BCUT2D eigenvalue weighted by molar-refractivity contribution is 7.98. The van der Waals surface area contributed by atoms with Crippen LogP contribution in [-0.2, 0) is 9.53 Å². The summed E-state index contributed by atoms with van der Waals surface area (Å²) in [7, 11) is 1.34. The van der Waals surface area contributed by atoms with Gasteiger partial charge in [-0.15, -0.1) is 11.8 Å². The Balaban J connectivity index is 2.98. The first-order valence-electron chi connectivity index (χ1n) is 5.72. The molecule has 20 heavy (non-hydrogen) atoms. The molecule has 1 unspecified atom stereocenters. The van der Waals surface area contributed by atoms with E-state index in [1.165, 1.54) is 44.0 Å². The summed E-state index contributed by atoms with van der Waals surface area (Å²) in [4.78, 5) is 23.6. The molecule has 1 aromatic rings. The lowest BCUT2D eigenvalue weighted by molar-refractivity contribution is -0.145. The number of amides is 1. The van der Waals surface area contributed by atoms with Gasteiger partial charge in [0, 0.05) is 17.6 Å². The number of benzene rings is 1. The monoisotopic (exact) mass is 301 g/mol. The minimum Gasteiger partial charge on any atom is -0.479 e. The first kappa shape index (κ1) is 16.5. The number of thioether (sulfide) groups is 1. The summed E-state index contributed by atoms with van der Waals surface area (Å²) in [5.74, 6) is -2.23.